The summed E-state index contributed by atoms with van der Waals surface area (Å²) in [6, 6.07) is 3.70. The lowest BCUT2D eigenvalue weighted by Crippen LogP contribution is -1.82. The minimum atomic E-state index is 0.640. The number of hydrogen-bond donors (Lipinski definition) is 1. The van der Waals surface area contributed by atoms with Crippen molar-refractivity contribution in [2.75, 3.05) is 0 Å². The first-order valence-electron chi connectivity index (χ1n) is 3.39. The van der Waals surface area contributed by atoms with Crippen LogP contribution in [0.3, 0.4) is 0 Å². The molecule has 1 N–H and O–H groups in total. The van der Waals surface area contributed by atoms with Gasteiger partial charge in [-0.05, 0) is 12.1 Å². The third kappa shape index (κ3) is 0.956. The molecule has 0 fully saturated rings. The predicted octanol–water partition coefficient (Wildman–Crippen LogP) is 2.14. The van der Waals surface area contributed by atoms with Crippen molar-refractivity contribution in [2.24, 2.45) is 0 Å². The SMILES string of the molecule is O=Cc1c(Br)ccc2[nH]ncc12. The lowest BCUT2D eigenvalue weighted by atomic mass is 10.1. The van der Waals surface area contributed by atoms with E-state index in [0.29, 0.717) is 5.56 Å². The Bertz CT molecular complexity index is 436. The number of rotatable bonds is 1. The molecule has 2 rings (SSSR count). The van der Waals surface area contributed by atoms with Crippen LogP contribution in [0.4, 0.5) is 0 Å². The van der Waals surface area contributed by atoms with Gasteiger partial charge in [0.15, 0.2) is 6.29 Å². The fourth-order valence-corrected chi connectivity index (χ4v) is 1.57. The molecule has 0 radical (unpaired) electrons. The molecule has 0 spiro atoms. The number of nitrogens with one attached hydrogen (secondary N) is 1. The molecule has 3 nitrogen and oxygen atoms in total. The van der Waals surface area contributed by atoms with Crippen molar-refractivity contribution in [3.8, 4) is 0 Å². The number of hydrogen-bond acceptors (Lipinski definition) is 2. The van der Waals surface area contributed by atoms with Crippen LogP contribution in [0, 0.1) is 0 Å². The molecule has 1 aromatic heterocycles. The second kappa shape index (κ2) is 2.71. The number of nitrogens with zero attached hydrogens (tertiary/aromatic N) is 1. The van der Waals surface area contributed by atoms with Gasteiger partial charge < -0.3 is 0 Å². The Labute approximate surface area is 76.9 Å². The standard InChI is InChI=1S/C8H5BrN2O/c9-7-1-2-8-5(3-10-11-8)6(7)4-12/h1-4H,(H,10,11). The smallest absolute Gasteiger partial charge is 0.151 e. The summed E-state index contributed by atoms with van der Waals surface area (Å²) < 4.78 is 0.798. The van der Waals surface area contributed by atoms with Gasteiger partial charge >= 0.3 is 0 Å². The number of benzene rings is 1. The topological polar surface area (TPSA) is 45.8 Å². The number of aromatic amines is 1. The van der Waals surface area contributed by atoms with E-state index in [0.717, 1.165) is 21.7 Å². The van der Waals surface area contributed by atoms with Crippen molar-refractivity contribution < 1.29 is 4.79 Å². The number of halogens is 1. The minimum absolute atomic E-state index is 0.640. The van der Waals surface area contributed by atoms with E-state index in [1.165, 1.54) is 0 Å². The van der Waals surface area contributed by atoms with E-state index in [1.54, 1.807) is 6.20 Å². The van der Waals surface area contributed by atoms with Crippen LogP contribution in [0.2, 0.25) is 0 Å². The average Bonchev–Trinajstić information content (AvgIpc) is 2.52. The summed E-state index contributed by atoms with van der Waals surface area (Å²) >= 11 is 3.29. The third-order valence-corrected chi connectivity index (χ3v) is 2.42. The second-order valence-electron chi connectivity index (χ2n) is 2.41. The molecule has 60 valence electrons. The molecule has 2 aromatic rings. The Morgan fingerprint density at radius 1 is 1.50 bits per heavy atom. The van der Waals surface area contributed by atoms with E-state index in [9.17, 15) is 4.79 Å². The fourth-order valence-electron chi connectivity index (χ4n) is 1.13. The Morgan fingerprint density at radius 3 is 3.08 bits per heavy atom. The molecule has 0 saturated heterocycles. The monoisotopic (exact) mass is 224 g/mol. The average molecular weight is 225 g/mol. The zero-order valence-electron chi connectivity index (χ0n) is 6.04. The summed E-state index contributed by atoms with van der Waals surface area (Å²) in [6.07, 6.45) is 2.46. The van der Waals surface area contributed by atoms with Crippen LogP contribution in [0.5, 0.6) is 0 Å². The van der Waals surface area contributed by atoms with Gasteiger partial charge in [0.1, 0.15) is 0 Å². The van der Waals surface area contributed by atoms with Gasteiger partial charge in [-0.3, -0.25) is 9.89 Å². The molecule has 0 aliphatic carbocycles. The molecule has 0 bridgehead atoms. The zero-order valence-corrected chi connectivity index (χ0v) is 7.63. The highest BCUT2D eigenvalue weighted by molar-refractivity contribution is 9.10. The molecule has 1 heterocycles. The van der Waals surface area contributed by atoms with E-state index in [1.807, 2.05) is 12.1 Å². The summed E-state index contributed by atoms with van der Waals surface area (Å²) in [5.41, 5.74) is 1.52. The number of carbonyl (C=O) groups excluding carboxylic acids is 1. The molecule has 1 aromatic carbocycles. The van der Waals surface area contributed by atoms with Crippen molar-refractivity contribution in [3.63, 3.8) is 0 Å². The van der Waals surface area contributed by atoms with Gasteiger partial charge in [-0.15, -0.1) is 0 Å². The maximum absolute atomic E-state index is 10.7. The van der Waals surface area contributed by atoms with Crippen molar-refractivity contribution in [1.29, 1.82) is 0 Å². The van der Waals surface area contributed by atoms with Crippen molar-refractivity contribution in [3.05, 3.63) is 28.4 Å². The van der Waals surface area contributed by atoms with Crippen LogP contribution in [0.25, 0.3) is 10.9 Å². The van der Waals surface area contributed by atoms with Gasteiger partial charge in [0, 0.05) is 15.4 Å². The maximum Gasteiger partial charge on any atom is 0.151 e. The predicted molar refractivity (Wildman–Crippen MR) is 49.2 cm³/mol. The first-order chi connectivity index (χ1) is 5.83. The summed E-state index contributed by atoms with van der Waals surface area (Å²) in [5.74, 6) is 0. The Balaban J connectivity index is 2.91. The zero-order chi connectivity index (χ0) is 8.55. The Morgan fingerprint density at radius 2 is 2.33 bits per heavy atom. The van der Waals surface area contributed by atoms with Gasteiger partial charge in [0.05, 0.1) is 11.7 Å². The molecule has 0 unspecified atom stereocenters. The molecule has 0 aliphatic heterocycles. The highest BCUT2D eigenvalue weighted by Gasteiger charge is 2.05. The number of fused-ring (bicyclic) bond motifs is 1. The molecular formula is C8H5BrN2O. The van der Waals surface area contributed by atoms with Crippen molar-refractivity contribution >= 4 is 33.1 Å². The van der Waals surface area contributed by atoms with Crippen LogP contribution in [-0.4, -0.2) is 16.5 Å². The van der Waals surface area contributed by atoms with Gasteiger partial charge in [-0.25, -0.2) is 0 Å². The van der Waals surface area contributed by atoms with Crippen LogP contribution in [0.1, 0.15) is 10.4 Å². The largest absolute Gasteiger partial charge is 0.298 e. The minimum Gasteiger partial charge on any atom is -0.298 e. The second-order valence-corrected chi connectivity index (χ2v) is 3.26. The molecule has 0 saturated carbocycles. The van der Waals surface area contributed by atoms with E-state index in [2.05, 4.69) is 26.1 Å². The highest BCUT2D eigenvalue weighted by atomic mass is 79.9. The van der Waals surface area contributed by atoms with E-state index in [4.69, 9.17) is 0 Å². The van der Waals surface area contributed by atoms with Crippen LogP contribution >= 0.6 is 15.9 Å². The number of H-pyrrole nitrogens is 1. The van der Waals surface area contributed by atoms with Gasteiger partial charge in [-0.1, -0.05) is 15.9 Å². The lowest BCUT2D eigenvalue weighted by molar-refractivity contribution is 0.112. The summed E-state index contributed by atoms with van der Waals surface area (Å²) in [4.78, 5) is 10.7. The molecule has 12 heavy (non-hydrogen) atoms. The maximum atomic E-state index is 10.7. The summed E-state index contributed by atoms with van der Waals surface area (Å²) in [5, 5.41) is 7.48. The fraction of sp³-hybridized carbons (Fsp3) is 0. The van der Waals surface area contributed by atoms with Crippen LogP contribution in [-0.2, 0) is 0 Å². The first kappa shape index (κ1) is 7.49. The molecule has 0 atom stereocenters. The number of carbonyl (C=O) groups is 1. The van der Waals surface area contributed by atoms with E-state index >= 15 is 0 Å². The van der Waals surface area contributed by atoms with E-state index in [-0.39, 0.29) is 0 Å². The molecule has 4 heteroatoms. The van der Waals surface area contributed by atoms with Gasteiger partial charge in [0.25, 0.3) is 0 Å². The number of aldehydes is 1. The van der Waals surface area contributed by atoms with Gasteiger partial charge in [0.2, 0.25) is 0 Å². The highest BCUT2D eigenvalue weighted by Crippen LogP contribution is 2.22. The van der Waals surface area contributed by atoms with Crippen molar-refractivity contribution in [2.45, 2.75) is 0 Å². The van der Waals surface area contributed by atoms with E-state index < -0.39 is 0 Å². The molecule has 0 amide bonds. The van der Waals surface area contributed by atoms with Crippen LogP contribution < -0.4 is 0 Å². The Kier molecular flexibility index (Phi) is 1.69. The quantitative estimate of drug-likeness (QED) is 0.755. The normalized spacial score (nSPS) is 10.4. The molecule has 0 aliphatic rings. The lowest BCUT2D eigenvalue weighted by Gasteiger charge is -1.95. The summed E-state index contributed by atoms with van der Waals surface area (Å²) in [6.45, 7) is 0. The summed E-state index contributed by atoms with van der Waals surface area (Å²) in [7, 11) is 0. The Hall–Kier alpha value is -1.16. The van der Waals surface area contributed by atoms with Gasteiger partial charge in [-0.2, -0.15) is 5.10 Å². The first-order valence-corrected chi connectivity index (χ1v) is 4.19. The van der Waals surface area contributed by atoms with Crippen LogP contribution in [0.15, 0.2) is 22.8 Å². The molecular weight excluding hydrogens is 220 g/mol. The third-order valence-electron chi connectivity index (χ3n) is 1.73. The number of aromatic nitrogens is 2. The van der Waals surface area contributed by atoms with Crippen molar-refractivity contribution in [1.82, 2.24) is 10.2 Å².